The zero-order valence-corrected chi connectivity index (χ0v) is 10.1. The number of nitrogens with zero attached hydrogens (tertiary/aromatic N) is 3. The normalized spacial score (nSPS) is 10.9. The quantitative estimate of drug-likeness (QED) is 0.640. The zero-order valence-electron chi connectivity index (χ0n) is 10.1. The Kier molecular flexibility index (Phi) is 5.84. The van der Waals surface area contributed by atoms with Gasteiger partial charge in [0.15, 0.2) is 0 Å². The molecule has 1 rings (SSSR count). The molecule has 0 unspecified atom stereocenters. The van der Waals surface area contributed by atoms with E-state index in [0.29, 0.717) is 10.7 Å². The molecule has 0 spiro atoms. The van der Waals surface area contributed by atoms with Crippen molar-refractivity contribution in [1.82, 2.24) is 15.3 Å². The number of rotatable bonds is 6. The molecule has 20 heavy (non-hydrogen) atoms. The van der Waals surface area contributed by atoms with Crippen LogP contribution in [0, 0.1) is 4.91 Å². The summed E-state index contributed by atoms with van der Waals surface area (Å²) in [7, 11) is 0. The fourth-order valence-electron chi connectivity index (χ4n) is 1.19. The Morgan fingerprint density at radius 1 is 1.45 bits per heavy atom. The molecule has 1 heterocycles. The fourth-order valence-corrected chi connectivity index (χ4v) is 1.19. The molecule has 0 atom stereocenters. The maximum atomic E-state index is 11.7. The van der Waals surface area contributed by atoms with Gasteiger partial charge >= 0.3 is 12.4 Å². The second-order valence-corrected chi connectivity index (χ2v) is 3.48. The summed E-state index contributed by atoms with van der Waals surface area (Å²) < 4.78 is 38.6. The van der Waals surface area contributed by atoms with Crippen LogP contribution in [0.5, 0.6) is 0 Å². The van der Waals surface area contributed by atoms with E-state index in [1.165, 1.54) is 6.20 Å². The molecular weight excluding hydrogens is 281 g/mol. The standard InChI is InChI=1S/C10H11F3N4O3/c11-10(12,13)20-6-5-17(16-19)9(18)15-7-8-3-1-2-4-14-8/h1-4H,5-7H2,(H,15,18). The maximum absolute atomic E-state index is 11.7. The van der Waals surface area contributed by atoms with E-state index in [1.807, 2.05) is 0 Å². The molecule has 10 heteroatoms. The number of nitroso groups, excluding NO2 is 1. The summed E-state index contributed by atoms with van der Waals surface area (Å²) in [5.74, 6) is 0. The number of carbonyl (C=O) groups excluding carboxylic acids is 1. The van der Waals surface area contributed by atoms with Crippen molar-refractivity contribution in [3.05, 3.63) is 35.0 Å². The molecule has 0 bridgehead atoms. The van der Waals surface area contributed by atoms with Gasteiger partial charge in [0.1, 0.15) is 0 Å². The first kappa shape index (κ1) is 15.8. The summed E-state index contributed by atoms with van der Waals surface area (Å²) in [5, 5.41) is 4.92. The van der Waals surface area contributed by atoms with Gasteiger partial charge in [-0.25, -0.2) is 4.79 Å². The molecule has 2 amide bonds. The van der Waals surface area contributed by atoms with E-state index in [4.69, 9.17) is 0 Å². The second-order valence-electron chi connectivity index (χ2n) is 3.48. The van der Waals surface area contributed by atoms with Crippen LogP contribution in [-0.4, -0.2) is 35.5 Å². The minimum Gasteiger partial charge on any atom is -0.331 e. The molecule has 0 aliphatic rings. The van der Waals surface area contributed by atoms with Crippen molar-refractivity contribution < 1.29 is 22.7 Å². The molecule has 1 aromatic heterocycles. The number of hydrogen-bond donors (Lipinski definition) is 1. The minimum atomic E-state index is -4.82. The van der Waals surface area contributed by atoms with Crippen molar-refractivity contribution in [3.8, 4) is 0 Å². The number of halogens is 3. The molecule has 1 N–H and O–H groups in total. The van der Waals surface area contributed by atoms with Crippen LogP contribution in [0.1, 0.15) is 5.69 Å². The SMILES string of the molecule is O=NN(CCOC(F)(F)F)C(=O)NCc1ccccn1. The average molecular weight is 292 g/mol. The van der Waals surface area contributed by atoms with Crippen molar-refractivity contribution in [1.29, 1.82) is 0 Å². The van der Waals surface area contributed by atoms with E-state index in [1.54, 1.807) is 18.2 Å². The Hall–Kier alpha value is -2.23. The van der Waals surface area contributed by atoms with Crippen molar-refractivity contribution in [2.24, 2.45) is 5.29 Å². The number of pyridine rings is 1. The molecule has 0 aromatic carbocycles. The fraction of sp³-hybridized carbons (Fsp3) is 0.400. The van der Waals surface area contributed by atoms with Gasteiger partial charge in [-0.3, -0.25) is 9.72 Å². The molecule has 0 aliphatic carbocycles. The van der Waals surface area contributed by atoms with Gasteiger partial charge < -0.3 is 5.32 Å². The van der Waals surface area contributed by atoms with Gasteiger partial charge in [-0.05, 0) is 12.1 Å². The van der Waals surface area contributed by atoms with E-state index in [0.717, 1.165) is 0 Å². The lowest BCUT2D eigenvalue weighted by Crippen LogP contribution is -2.38. The first-order valence-corrected chi connectivity index (χ1v) is 5.41. The van der Waals surface area contributed by atoms with Crippen LogP contribution in [0.15, 0.2) is 29.7 Å². The molecule has 110 valence electrons. The van der Waals surface area contributed by atoms with Crippen molar-refractivity contribution in [3.63, 3.8) is 0 Å². The monoisotopic (exact) mass is 292 g/mol. The Morgan fingerprint density at radius 2 is 2.20 bits per heavy atom. The van der Waals surface area contributed by atoms with E-state index < -0.39 is 25.5 Å². The number of nitrogens with one attached hydrogen (secondary N) is 1. The van der Waals surface area contributed by atoms with Gasteiger partial charge in [0.05, 0.1) is 30.7 Å². The minimum absolute atomic E-state index is 0.0197. The smallest absolute Gasteiger partial charge is 0.331 e. The number of alkyl halides is 3. The zero-order chi connectivity index (χ0) is 15.0. The van der Waals surface area contributed by atoms with E-state index in [-0.39, 0.29) is 6.54 Å². The third-order valence-electron chi connectivity index (χ3n) is 2.05. The highest BCUT2D eigenvalue weighted by molar-refractivity contribution is 5.73. The lowest BCUT2D eigenvalue weighted by atomic mass is 10.3. The summed E-state index contributed by atoms with van der Waals surface area (Å²) in [6.07, 6.45) is -3.31. The lowest BCUT2D eigenvalue weighted by molar-refractivity contribution is -0.324. The Labute approximate surface area is 111 Å². The summed E-state index contributed by atoms with van der Waals surface area (Å²) in [6, 6.07) is 4.07. The number of urea groups is 1. The third kappa shape index (κ3) is 6.09. The Morgan fingerprint density at radius 3 is 2.75 bits per heavy atom. The van der Waals surface area contributed by atoms with Gasteiger partial charge in [-0.1, -0.05) is 6.07 Å². The topological polar surface area (TPSA) is 83.9 Å². The van der Waals surface area contributed by atoms with Gasteiger partial charge in [-0.15, -0.1) is 18.1 Å². The van der Waals surface area contributed by atoms with Crippen LogP contribution in [0.3, 0.4) is 0 Å². The van der Waals surface area contributed by atoms with E-state index in [2.05, 4.69) is 20.3 Å². The van der Waals surface area contributed by atoms with Crippen LogP contribution in [-0.2, 0) is 11.3 Å². The van der Waals surface area contributed by atoms with Crippen molar-refractivity contribution >= 4 is 6.03 Å². The highest BCUT2D eigenvalue weighted by atomic mass is 19.4. The van der Waals surface area contributed by atoms with Crippen molar-refractivity contribution in [2.45, 2.75) is 12.9 Å². The molecule has 0 saturated heterocycles. The molecule has 7 nitrogen and oxygen atoms in total. The lowest BCUT2D eigenvalue weighted by Gasteiger charge is -2.14. The maximum Gasteiger partial charge on any atom is 0.522 e. The molecule has 0 radical (unpaired) electrons. The van der Waals surface area contributed by atoms with Gasteiger partial charge in [0.2, 0.25) is 0 Å². The first-order chi connectivity index (χ1) is 9.42. The van der Waals surface area contributed by atoms with E-state index >= 15 is 0 Å². The molecule has 0 aliphatic heterocycles. The second kappa shape index (κ2) is 7.38. The predicted octanol–water partition coefficient (Wildman–Crippen LogP) is 1.81. The molecule has 1 aromatic rings. The van der Waals surface area contributed by atoms with Crippen LogP contribution in [0.25, 0.3) is 0 Å². The van der Waals surface area contributed by atoms with Gasteiger partial charge in [-0.2, -0.15) is 5.01 Å². The summed E-state index contributed by atoms with van der Waals surface area (Å²) in [5.41, 5.74) is 0.526. The predicted molar refractivity (Wildman–Crippen MR) is 61.0 cm³/mol. The van der Waals surface area contributed by atoms with Crippen LogP contribution in [0.2, 0.25) is 0 Å². The third-order valence-corrected chi connectivity index (χ3v) is 2.05. The number of carbonyl (C=O) groups is 1. The highest BCUT2D eigenvalue weighted by Gasteiger charge is 2.29. The molecular formula is C10H11F3N4O3. The Balaban J connectivity index is 2.37. The van der Waals surface area contributed by atoms with Crippen LogP contribution in [0.4, 0.5) is 18.0 Å². The molecule has 0 fully saturated rings. The highest BCUT2D eigenvalue weighted by Crippen LogP contribution is 2.15. The van der Waals surface area contributed by atoms with E-state index in [9.17, 15) is 22.9 Å². The number of amides is 2. The average Bonchev–Trinajstić information content (AvgIpc) is 2.41. The van der Waals surface area contributed by atoms with Crippen molar-refractivity contribution in [2.75, 3.05) is 13.2 Å². The first-order valence-electron chi connectivity index (χ1n) is 5.41. The summed E-state index contributed by atoms with van der Waals surface area (Å²) >= 11 is 0. The number of aromatic nitrogens is 1. The summed E-state index contributed by atoms with van der Waals surface area (Å²) in [4.78, 5) is 25.8. The van der Waals surface area contributed by atoms with Gasteiger partial charge in [0, 0.05) is 6.20 Å². The van der Waals surface area contributed by atoms with Crippen LogP contribution >= 0.6 is 0 Å². The summed E-state index contributed by atoms with van der Waals surface area (Å²) in [6.45, 7) is -1.48. The Bertz CT molecular complexity index is 441. The largest absolute Gasteiger partial charge is 0.522 e. The number of ether oxygens (including phenoxy) is 1. The number of hydrogen-bond acceptors (Lipinski definition) is 5. The molecule has 0 saturated carbocycles. The van der Waals surface area contributed by atoms with Crippen LogP contribution < -0.4 is 5.32 Å². The van der Waals surface area contributed by atoms with Gasteiger partial charge in [0.25, 0.3) is 0 Å².